The summed E-state index contributed by atoms with van der Waals surface area (Å²) in [4.78, 5) is 48.2. The highest BCUT2D eigenvalue weighted by Crippen LogP contribution is 2.09. The van der Waals surface area contributed by atoms with Gasteiger partial charge in [-0.25, -0.2) is 4.79 Å². The van der Waals surface area contributed by atoms with Crippen molar-refractivity contribution in [3.05, 3.63) is 0 Å². The van der Waals surface area contributed by atoms with Gasteiger partial charge in [0.05, 0.1) is 13.2 Å². The Morgan fingerprint density at radius 2 is 1.10 bits per heavy atom. The maximum Gasteiger partial charge on any atom is 0.328 e. The summed E-state index contributed by atoms with van der Waals surface area (Å²) in [5, 5.41) is 34.3. The fourth-order valence-electron chi connectivity index (χ4n) is 2.50. The minimum Gasteiger partial charge on any atom is -0.480 e. The summed E-state index contributed by atoms with van der Waals surface area (Å²) in [6.07, 6.45) is 0.480. The minimum atomic E-state index is -1.50. The van der Waals surface area contributed by atoms with Crippen LogP contribution < -0.4 is 21.7 Å². The van der Waals surface area contributed by atoms with Gasteiger partial charge in [0.15, 0.2) is 0 Å². The Balaban J connectivity index is 5.37. The van der Waals surface area contributed by atoms with Crippen molar-refractivity contribution in [2.75, 3.05) is 13.2 Å². The van der Waals surface area contributed by atoms with E-state index in [1.54, 1.807) is 0 Å². The van der Waals surface area contributed by atoms with Gasteiger partial charge < -0.3 is 37.0 Å². The van der Waals surface area contributed by atoms with Crippen LogP contribution in [0, 0.1) is 11.8 Å². The lowest BCUT2D eigenvalue weighted by Crippen LogP contribution is -2.58. The Kier molecular flexibility index (Phi) is 12.1. The summed E-state index contributed by atoms with van der Waals surface area (Å²) in [6.45, 7) is 5.94. The van der Waals surface area contributed by atoms with Crippen LogP contribution in [-0.2, 0) is 19.2 Å². The van der Waals surface area contributed by atoms with E-state index in [1.807, 2.05) is 27.7 Å². The molecule has 29 heavy (non-hydrogen) atoms. The molecule has 168 valence electrons. The number of aliphatic carboxylic acids is 1. The van der Waals surface area contributed by atoms with Crippen molar-refractivity contribution in [3.63, 3.8) is 0 Å². The molecule has 0 aliphatic rings. The highest BCUT2D eigenvalue weighted by molar-refractivity contribution is 5.94. The first kappa shape index (κ1) is 26.8. The molecule has 11 nitrogen and oxygen atoms in total. The second-order valence-corrected chi connectivity index (χ2v) is 7.75. The fraction of sp³-hybridized carbons (Fsp3) is 0.778. The number of aliphatic hydroxyl groups is 2. The van der Waals surface area contributed by atoms with Gasteiger partial charge in [0.2, 0.25) is 17.7 Å². The predicted molar refractivity (Wildman–Crippen MR) is 104 cm³/mol. The standard InChI is InChI=1S/C18H34N4O7/c1-9(2)5-12(20-15(25)11(19)7-23)16(26)21-13(6-10(3)4)17(27)22-14(8-24)18(28)29/h9-14,23-24H,5-8,19H2,1-4H3,(H,20,25)(H,21,26)(H,22,27)(H,28,29). The maximum atomic E-state index is 12.7. The SMILES string of the molecule is CC(C)CC(NC(=O)C(N)CO)C(=O)NC(CC(C)C)C(=O)NC(CO)C(=O)O. The molecule has 8 N–H and O–H groups in total. The number of nitrogens with two attached hydrogens (primary N) is 1. The number of carboxylic acid groups (broad SMARTS) is 1. The quantitative estimate of drug-likeness (QED) is 0.177. The average molecular weight is 418 g/mol. The molecule has 0 aliphatic carbocycles. The molecule has 0 spiro atoms. The summed E-state index contributed by atoms with van der Waals surface area (Å²) >= 11 is 0. The number of carboxylic acids is 1. The zero-order valence-electron chi connectivity index (χ0n) is 17.3. The van der Waals surface area contributed by atoms with Crippen molar-refractivity contribution in [2.24, 2.45) is 17.6 Å². The van der Waals surface area contributed by atoms with Gasteiger partial charge in [-0.2, -0.15) is 0 Å². The Morgan fingerprint density at radius 3 is 1.41 bits per heavy atom. The molecule has 0 aromatic carbocycles. The molecule has 4 unspecified atom stereocenters. The zero-order chi connectivity index (χ0) is 22.7. The molecular weight excluding hydrogens is 384 g/mol. The first-order valence-corrected chi connectivity index (χ1v) is 9.54. The van der Waals surface area contributed by atoms with Crippen LogP contribution in [0.5, 0.6) is 0 Å². The van der Waals surface area contributed by atoms with E-state index in [9.17, 15) is 19.2 Å². The molecule has 0 aromatic heterocycles. The first-order chi connectivity index (χ1) is 13.4. The Hall–Kier alpha value is -2.24. The van der Waals surface area contributed by atoms with E-state index in [-0.39, 0.29) is 24.7 Å². The monoisotopic (exact) mass is 418 g/mol. The first-order valence-electron chi connectivity index (χ1n) is 9.54. The van der Waals surface area contributed by atoms with E-state index >= 15 is 0 Å². The van der Waals surface area contributed by atoms with Crippen molar-refractivity contribution >= 4 is 23.7 Å². The highest BCUT2D eigenvalue weighted by Gasteiger charge is 2.30. The third-order valence-corrected chi connectivity index (χ3v) is 4.01. The molecule has 0 saturated heterocycles. The molecular formula is C18H34N4O7. The van der Waals surface area contributed by atoms with E-state index in [0.717, 1.165) is 0 Å². The van der Waals surface area contributed by atoms with E-state index < -0.39 is 61.1 Å². The van der Waals surface area contributed by atoms with Crippen molar-refractivity contribution in [1.29, 1.82) is 0 Å². The Bertz CT molecular complexity index is 568. The lowest BCUT2D eigenvalue weighted by molar-refractivity contribution is -0.143. The predicted octanol–water partition coefficient (Wildman–Crippen LogP) is -2.07. The molecule has 0 heterocycles. The topological polar surface area (TPSA) is 191 Å². The number of carbonyl (C=O) groups is 4. The fourth-order valence-corrected chi connectivity index (χ4v) is 2.50. The largest absolute Gasteiger partial charge is 0.480 e. The number of aliphatic hydroxyl groups excluding tert-OH is 2. The van der Waals surface area contributed by atoms with Gasteiger partial charge in [-0.3, -0.25) is 14.4 Å². The Labute approximate surface area is 170 Å². The van der Waals surface area contributed by atoms with Gasteiger partial charge in [-0.15, -0.1) is 0 Å². The van der Waals surface area contributed by atoms with Crippen LogP contribution in [0.3, 0.4) is 0 Å². The number of carbonyl (C=O) groups excluding carboxylic acids is 3. The van der Waals surface area contributed by atoms with Crippen molar-refractivity contribution < 1.29 is 34.5 Å². The Morgan fingerprint density at radius 1 is 0.724 bits per heavy atom. The molecule has 0 bridgehead atoms. The molecule has 11 heteroatoms. The normalized spacial score (nSPS) is 15.3. The van der Waals surface area contributed by atoms with Gasteiger partial charge in [-0.1, -0.05) is 27.7 Å². The molecule has 4 atom stereocenters. The highest BCUT2D eigenvalue weighted by atomic mass is 16.4. The lowest BCUT2D eigenvalue weighted by Gasteiger charge is -2.26. The van der Waals surface area contributed by atoms with Crippen LogP contribution in [-0.4, -0.2) is 76.4 Å². The van der Waals surface area contributed by atoms with Crippen LogP contribution in [0.15, 0.2) is 0 Å². The van der Waals surface area contributed by atoms with Gasteiger partial charge >= 0.3 is 5.97 Å². The molecule has 0 aromatic rings. The molecule has 0 fully saturated rings. The summed E-state index contributed by atoms with van der Waals surface area (Å²) < 4.78 is 0. The van der Waals surface area contributed by atoms with Crippen LogP contribution in [0.1, 0.15) is 40.5 Å². The van der Waals surface area contributed by atoms with Crippen molar-refractivity contribution in [2.45, 2.75) is 64.7 Å². The average Bonchev–Trinajstić information content (AvgIpc) is 2.62. The smallest absolute Gasteiger partial charge is 0.328 e. The molecule has 0 radical (unpaired) electrons. The summed E-state index contributed by atoms with van der Waals surface area (Å²) in [6, 6.07) is -4.74. The lowest BCUT2D eigenvalue weighted by atomic mass is 9.99. The number of hydrogen-bond donors (Lipinski definition) is 7. The van der Waals surface area contributed by atoms with Crippen molar-refractivity contribution in [1.82, 2.24) is 16.0 Å². The summed E-state index contributed by atoms with van der Waals surface area (Å²) in [5.74, 6) is -3.48. The molecule has 0 saturated carbocycles. The third-order valence-electron chi connectivity index (χ3n) is 4.01. The van der Waals surface area contributed by atoms with Crippen LogP contribution >= 0.6 is 0 Å². The van der Waals surface area contributed by atoms with E-state index in [4.69, 9.17) is 21.1 Å². The van der Waals surface area contributed by atoms with Gasteiger partial charge in [0.25, 0.3) is 0 Å². The molecule has 3 amide bonds. The second-order valence-electron chi connectivity index (χ2n) is 7.75. The number of amides is 3. The number of rotatable bonds is 13. The van der Waals surface area contributed by atoms with Crippen molar-refractivity contribution in [3.8, 4) is 0 Å². The minimum absolute atomic E-state index is 0.00981. The number of nitrogens with one attached hydrogen (secondary N) is 3. The van der Waals surface area contributed by atoms with Crippen LogP contribution in [0.4, 0.5) is 0 Å². The summed E-state index contributed by atoms with van der Waals surface area (Å²) in [7, 11) is 0. The van der Waals surface area contributed by atoms with Gasteiger partial charge in [0, 0.05) is 0 Å². The van der Waals surface area contributed by atoms with E-state index in [1.165, 1.54) is 0 Å². The van der Waals surface area contributed by atoms with E-state index in [2.05, 4.69) is 16.0 Å². The van der Waals surface area contributed by atoms with Crippen LogP contribution in [0.2, 0.25) is 0 Å². The van der Waals surface area contributed by atoms with Crippen LogP contribution in [0.25, 0.3) is 0 Å². The second kappa shape index (κ2) is 13.1. The summed E-state index contributed by atoms with van der Waals surface area (Å²) in [5.41, 5.74) is 5.47. The van der Waals surface area contributed by atoms with E-state index in [0.29, 0.717) is 0 Å². The zero-order valence-corrected chi connectivity index (χ0v) is 17.3. The third kappa shape index (κ3) is 10.2. The molecule has 0 rings (SSSR count). The van der Waals surface area contributed by atoms with Gasteiger partial charge in [-0.05, 0) is 24.7 Å². The molecule has 0 aliphatic heterocycles. The number of hydrogen-bond acceptors (Lipinski definition) is 7. The van der Waals surface area contributed by atoms with Gasteiger partial charge in [0.1, 0.15) is 24.2 Å². The maximum absolute atomic E-state index is 12.7.